The molecule has 1 fully saturated rings. The minimum atomic E-state index is -0.211. The van der Waals surface area contributed by atoms with E-state index < -0.39 is 0 Å². The second-order valence-corrected chi connectivity index (χ2v) is 8.78. The molecule has 172 valence electrons. The Morgan fingerprint density at radius 1 is 0.844 bits per heavy atom. The third kappa shape index (κ3) is 7.38. The van der Waals surface area contributed by atoms with Gasteiger partial charge < -0.3 is 15.5 Å². The molecule has 2 aromatic rings. The van der Waals surface area contributed by atoms with Gasteiger partial charge in [0.25, 0.3) is 5.91 Å². The third-order valence-corrected chi connectivity index (χ3v) is 5.86. The van der Waals surface area contributed by atoms with Gasteiger partial charge in [-0.3, -0.25) is 14.5 Å². The van der Waals surface area contributed by atoms with Gasteiger partial charge in [-0.25, -0.2) is 0 Å². The zero-order chi connectivity index (χ0) is 22.9. The van der Waals surface area contributed by atoms with E-state index in [0.29, 0.717) is 12.1 Å². The molecule has 1 heterocycles. The fraction of sp³-hybridized carbons (Fsp3) is 0.462. The number of piperazine rings is 1. The van der Waals surface area contributed by atoms with Crippen molar-refractivity contribution in [1.82, 2.24) is 15.5 Å². The van der Waals surface area contributed by atoms with Crippen LogP contribution in [-0.4, -0.2) is 62.5 Å². The van der Waals surface area contributed by atoms with Crippen LogP contribution in [0.1, 0.15) is 39.9 Å². The Bertz CT molecular complexity index is 900. The van der Waals surface area contributed by atoms with Gasteiger partial charge in [0.2, 0.25) is 5.91 Å². The molecule has 32 heavy (non-hydrogen) atoms. The van der Waals surface area contributed by atoms with E-state index >= 15 is 0 Å². The Morgan fingerprint density at radius 2 is 1.56 bits per heavy atom. The van der Waals surface area contributed by atoms with Gasteiger partial charge in [-0.1, -0.05) is 29.3 Å². The first-order chi connectivity index (χ1) is 15.4. The highest BCUT2D eigenvalue weighted by Crippen LogP contribution is 2.17. The number of amides is 2. The lowest BCUT2D eigenvalue weighted by atomic mass is 10.1. The average Bonchev–Trinajstić information content (AvgIpc) is 2.77. The molecular formula is C26H36N4O2. The zero-order valence-corrected chi connectivity index (χ0v) is 19.6. The minimum absolute atomic E-state index is 0.00669. The molecule has 0 radical (unpaired) electrons. The van der Waals surface area contributed by atoms with Crippen molar-refractivity contribution < 1.29 is 9.59 Å². The Kier molecular flexibility index (Phi) is 8.68. The molecule has 6 nitrogen and oxygen atoms in total. The summed E-state index contributed by atoms with van der Waals surface area (Å²) in [4.78, 5) is 29.2. The molecule has 1 aliphatic rings. The second kappa shape index (κ2) is 11.7. The molecule has 0 aliphatic carbocycles. The standard InChI is InChI=1S/C26H36N4O2/c1-20-7-6-8-24(18-20)30-13-11-29(12-14-30)10-5-4-9-27-25(31)19-28-26(32)23-16-21(2)15-22(3)17-23/h6-8,15-18H,4-5,9-14,19H2,1-3H3,(H,27,31)(H,28,32). The van der Waals surface area contributed by atoms with Crippen LogP contribution in [0.2, 0.25) is 0 Å². The number of rotatable bonds is 9. The van der Waals surface area contributed by atoms with Crippen LogP contribution in [0.25, 0.3) is 0 Å². The fourth-order valence-corrected chi connectivity index (χ4v) is 4.17. The topological polar surface area (TPSA) is 64.7 Å². The van der Waals surface area contributed by atoms with Crippen molar-refractivity contribution in [2.75, 3.05) is 50.7 Å². The Morgan fingerprint density at radius 3 is 2.25 bits per heavy atom. The number of nitrogens with one attached hydrogen (secondary N) is 2. The number of hydrogen-bond acceptors (Lipinski definition) is 4. The van der Waals surface area contributed by atoms with E-state index in [2.05, 4.69) is 51.6 Å². The number of nitrogens with zero attached hydrogens (tertiary/aromatic N) is 2. The summed E-state index contributed by atoms with van der Waals surface area (Å²) in [5, 5.41) is 5.61. The molecular weight excluding hydrogens is 400 g/mol. The third-order valence-electron chi connectivity index (χ3n) is 5.86. The molecule has 6 heteroatoms. The summed E-state index contributed by atoms with van der Waals surface area (Å²) in [5.74, 6) is -0.355. The lowest BCUT2D eigenvalue weighted by molar-refractivity contribution is -0.120. The summed E-state index contributed by atoms with van der Waals surface area (Å²) < 4.78 is 0. The summed E-state index contributed by atoms with van der Waals surface area (Å²) in [6.45, 7) is 12.0. The minimum Gasteiger partial charge on any atom is -0.369 e. The summed E-state index contributed by atoms with van der Waals surface area (Å²) in [5.41, 5.74) is 5.29. The molecule has 2 amide bonds. The molecule has 0 unspecified atom stereocenters. The van der Waals surface area contributed by atoms with Crippen LogP contribution in [0, 0.1) is 20.8 Å². The summed E-state index contributed by atoms with van der Waals surface area (Å²) in [7, 11) is 0. The van der Waals surface area contributed by atoms with Gasteiger partial charge in [0.15, 0.2) is 0 Å². The number of benzene rings is 2. The molecule has 0 bridgehead atoms. The average molecular weight is 437 g/mol. The molecule has 0 atom stereocenters. The van der Waals surface area contributed by atoms with Crippen molar-refractivity contribution >= 4 is 17.5 Å². The summed E-state index contributed by atoms with van der Waals surface area (Å²) in [6, 6.07) is 14.4. The van der Waals surface area contributed by atoms with E-state index in [1.807, 2.05) is 32.0 Å². The molecule has 0 saturated carbocycles. The van der Waals surface area contributed by atoms with Gasteiger partial charge in [0, 0.05) is 44.0 Å². The molecule has 1 aliphatic heterocycles. The largest absolute Gasteiger partial charge is 0.369 e. The quantitative estimate of drug-likeness (QED) is 0.593. The van der Waals surface area contributed by atoms with E-state index in [1.54, 1.807) is 0 Å². The van der Waals surface area contributed by atoms with Crippen LogP contribution in [-0.2, 0) is 4.79 Å². The Hall–Kier alpha value is -2.86. The molecule has 3 rings (SSSR count). The van der Waals surface area contributed by atoms with Crippen molar-refractivity contribution in [3.8, 4) is 0 Å². The van der Waals surface area contributed by atoms with Crippen LogP contribution in [0.5, 0.6) is 0 Å². The van der Waals surface area contributed by atoms with Crippen LogP contribution < -0.4 is 15.5 Å². The van der Waals surface area contributed by atoms with Crippen LogP contribution in [0.15, 0.2) is 42.5 Å². The maximum absolute atomic E-state index is 12.2. The highest BCUT2D eigenvalue weighted by atomic mass is 16.2. The van der Waals surface area contributed by atoms with Crippen LogP contribution >= 0.6 is 0 Å². The monoisotopic (exact) mass is 436 g/mol. The molecule has 2 N–H and O–H groups in total. The van der Waals surface area contributed by atoms with Crippen molar-refractivity contribution in [1.29, 1.82) is 0 Å². The van der Waals surface area contributed by atoms with Crippen molar-refractivity contribution in [3.63, 3.8) is 0 Å². The number of unbranched alkanes of at least 4 members (excludes halogenated alkanes) is 1. The highest BCUT2D eigenvalue weighted by Gasteiger charge is 2.16. The maximum atomic E-state index is 12.2. The summed E-state index contributed by atoms with van der Waals surface area (Å²) in [6.07, 6.45) is 1.99. The van der Waals surface area contributed by atoms with E-state index in [-0.39, 0.29) is 18.4 Å². The lowest BCUT2D eigenvalue weighted by Gasteiger charge is -2.36. The van der Waals surface area contributed by atoms with Crippen molar-refractivity contribution in [2.24, 2.45) is 0 Å². The van der Waals surface area contributed by atoms with Gasteiger partial charge in [0.1, 0.15) is 0 Å². The van der Waals surface area contributed by atoms with Gasteiger partial charge >= 0.3 is 0 Å². The smallest absolute Gasteiger partial charge is 0.251 e. The number of hydrogen-bond donors (Lipinski definition) is 2. The summed E-state index contributed by atoms with van der Waals surface area (Å²) >= 11 is 0. The second-order valence-electron chi connectivity index (χ2n) is 8.78. The first-order valence-electron chi connectivity index (χ1n) is 11.6. The van der Waals surface area contributed by atoms with Crippen LogP contribution in [0.3, 0.4) is 0 Å². The van der Waals surface area contributed by atoms with Gasteiger partial charge in [-0.15, -0.1) is 0 Å². The zero-order valence-electron chi connectivity index (χ0n) is 19.6. The van der Waals surface area contributed by atoms with E-state index in [0.717, 1.165) is 56.7 Å². The van der Waals surface area contributed by atoms with Crippen molar-refractivity contribution in [3.05, 3.63) is 64.7 Å². The number of carbonyl (C=O) groups is 2. The van der Waals surface area contributed by atoms with Gasteiger partial charge in [-0.2, -0.15) is 0 Å². The highest BCUT2D eigenvalue weighted by molar-refractivity contribution is 5.96. The molecule has 0 aromatic heterocycles. The predicted molar refractivity (Wildman–Crippen MR) is 130 cm³/mol. The van der Waals surface area contributed by atoms with E-state index in [1.165, 1.54) is 11.3 Å². The normalized spacial score (nSPS) is 14.3. The molecule has 0 spiro atoms. The van der Waals surface area contributed by atoms with Gasteiger partial charge in [-0.05, 0) is 70.0 Å². The van der Waals surface area contributed by atoms with Crippen LogP contribution in [0.4, 0.5) is 5.69 Å². The Labute approximate surface area is 192 Å². The molecule has 1 saturated heterocycles. The SMILES string of the molecule is Cc1cc(C)cc(C(=O)NCC(=O)NCCCCN2CCN(c3cccc(C)c3)CC2)c1. The fourth-order valence-electron chi connectivity index (χ4n) is 4.17. The van der Waals surface area contributed by atoms with E-state index in [4.69, 9.17) is 0 Å². The first-order valence-corrected chi connectivity index (χ1v) is 11.6. The first kappa shape index (κ1) is 23.8. The Balaban J connectivity index is 1.26. The van der Waals surface area contributed by atoms with E-state index in [9.17, 15) is 9.59 Å². The molecule has 2 aromatic carbocycles. The van der Waals surface area contributed by atoms with Crippen molar-refractivity contribution in [2.45, 2.75) is 33.6 Å². The number of carbonyl (C=O) groups excluding carboxylic acids is 2. The lowest BCUT2D eigenvalue weighted by Crippen LogP contribution is -2.46. The number of anilines is 1. The maximum Gasteiger partial charge on any atom is 0.251 e. The number of aryl methyl sites for hydroxylation is 3. The van der Waals surface area contributed by atoms with Gasteiger partial charge in [0.05, 0.1) is 6.54 Å². The predicted octanol–water partition coefficient (Wildman–Crippen LogP) is 3.06.